The number of likely N-dealkylation sites (tertiary alicyclic amines) is 1. The lowest BCUT2D eigenvalue weighted by atomic mass is 10.1. The van der Waals surface area contributed by atoms with E-state index in [9.17, 15) is 0 Å². The number of hydrogen-bond donors (Lipinski definition) is 1. The topological polar surface area (TPSA) is 47.3 Å². The third-order valence-corrected chi connectivity index (χ3v) is 3.16. The van der Waals surface area contributed by atoms with Crippen LogP contribution in [-0.4, -0.2) is 29.7 Å². The van der Waals surface area contributed by atoms with Crippen LogP contribution in [0.15, 0.2) is 24.3 Å². The lowest BCUT2D eigenvalue weighted by molar-refractivity contribution is 0.220. The average molecular weight is 216 g/mol. The Morgan fingerprint density at radius 2 is 2.25 bits per heavy atom. The van der Waals surface area contributed by atoms with Crippen LogP contribution in [0.5, 0.6) is 0 Å². The van der Waals surface area contributed by atoms with E-state index in [0.29, 0.717) is 5.92 Å². The van der Waals surface area contributed by atoms with Crippen molar-refractivity contribution in [1.82, 2.24) is 4.90 Å². The fourth-order valence-electron chi connectivity index (χ4n) is 2.21. The van der Waals surface area contributed by atoms with E-state index < -0.39 is 0 Å². The molecule has 3 nitrogen and oxygen atoms in total. The Hall–Kier alpha value is -1.37. The summed E-state index contributed by atoms with van der Waals surface area (Å²) in [4.78, 5) is 2.30. The second kappa shape index (κ2) is 5.11. The van der Waals surface area contributed by atoms with E-state index in [0.717, 1.165) is 37.2 Å². The van der Waals surface area contributed by atoms with E-state index in [4.69, 9.17) is 10.4 Å². The van der Waals surface area contributed by atoms with Crippen molar-refractivity contribution in [3.05, 3.63) is 35.4 Å². The van der Waals surface area contributed by atoms with Crippen molar-refractivity contribution in [2.24, 2.45) is 5.92 Å². The molecule has 1 aromatic carbocycles. The van der Waals surface area contributed by atoms with Gasteiger partial charge in [0.1, 0.15) is 0 Å². The monoisotopic (exact) mass is 216 g/mol. The first-order valence-corrected chi connectivity index (χ1v) is 5.64. The molecule has 1 N–H and O–H groups in total. The molecule has 0 unspecified atom stereocenters. The van der Waals surface area contributed by atoms with Gasteiger partial charge < -0.3 is 5.11 Å². The van der Waals surface area contributed by atoms with Crippen LogP contribution < -0.4 is 0 Å². The summed E-state index contributed by atoms with van der Waals surface area (Å²) in [5, 5.41) is 18.1. The molecule has 1 heterocycles. The SMILES string of the molecule is N#Cc1ccccc1CN1CC[C@@H](CO)C1. The molecule has 0 amide bonds. The van der Waals surface area contributed by atoms with E-state index in [1.54, 1.807) is 0 Å². The Balaban J connectivity index is 2.02. The summed E-state index contributed by atoms with van der Waals surface area (Å²) in [6, 6.07) is 9.94. The average Bonchev–Trinajstić information content (AvgIpc) is 2.77. The van der Waals surface area contributed by atoms with Crippen molar-refractivity contribution >= 4 is 0 Å². The fraction of sp³-hybridized carbons (Fsp3) is 0.462. The van der Waals surface area contributed by atoms with Crippen LogP contribution in [0.2, 0.25) is 0 Å². The first-order chi connectivity index (χ1) is 7.83. The molecule has 1 aromatic rings. The van der Waals surface area contributed by atoms with Crippen molar-refractivity contribution in [2.45, 2.75) is 13.0 Å². The van der Waals surface area contributed by atoms with Crippen LogP contribution in [0, 0.1) is 17.2 Å². The fourth-order valence-corrected chi connectivity index (χ4v) is 2.21. The van der Waals surface area contributed by atoms with E-state index in [2.05, 4.69) is 11.0 Å². The molecule has 0 aromatic heterocycles. The number of aliphatic hydroxyl groups is 1. The zero-order valence-corrected chi connectivity index (χ0v) is 9.26. The minimum absolute atomic E-state index is 0.274. The molecule has 1 saturated heterocycles. The molecular weight excluding hydrogens is 200 g/mol. The van der Waals surface area contributed by atoms with E-state index in [1.807, 2.05) is 24.3 Å². The first-order valence-electron chi connectivity index (χ1n) is 5.64. The van der Waals surface area contributed by atoms with Crippen LogP contribution in [0.25, 0.3) is 0 Å². The van der Waals surface area contributed by atoms with E-state index >= 15 is 0 Å². The van der Waals surface area contributed by atoms with Gasteiger partial charge in [-0.3, -0.25) is 4.90 Å². The Labute approximate surface area is 95.9 Å². The van der Waals surface area contributed by atoms with Gasteiger partial charge in [0, 0.05) is 19.7 Å². The Morgan fingerprint density at radius 3 is 2.94 bits per heavy atom. The molecule has 16 heavy (non-hydrogen) atoms. The number of nitriles is 1. The molecule has 1 atom stereocenters. The molecule has 0 saturated carbocycles. The predicted octanol–water partition coefficient (Wildman–Crippen LogP) is 1.37. The molecule has 0 radical (unpaired) electrons. The molecule has 1 aliphatic rings. The predicted molar refractivity (Wildman–Crippen MR) is 61.6 cm³/mol. The zero-order valence-electron chi connectivity index (χ0n) is 9.26. The number of nitrogens with zero attached hydrogens (tertiary/aromatic N) is 2. The van der Waals surface area contributed by atoms with Crippen molar-refractivity contribution in [1.29, 1.82) is 5.26 Å². The first kappa shape index (κ1) is 11.1. The smallest absolute Gasteiger partial charge is 0.0995 e. The maximum absolute atomic E-state index is 9.07. The highest BCUT2D eigenvalue weighted by atomic mass is 16.3. The normalized spacial score (nSPS) is 20.9. The van der Waals surface area contributed by atoms with Gasteiger partial charge in [-0.25, -0.2) is 0 Å². The third kappa shape index (κ3) is 2.41. The van der Waals surface area contributed by atoms with Crippen molar-refractivity contribution in [2.75, 3.05) is 19.7 Å². The van der Waals surface area contributed by atoms with Gasteiger partial charge >= 0.3 is 0 Å². The lowest BCUT2D eigenvalue weighted by Gasteiger charge is -2.16. The molecule has 2 rings (SSSR count). The van der Waals surface area contributed by atoms with Gasteiger partial charge in [-0.2, -0.15) is 5.26 Å². The quantitative estimate of drug-likeness (QED) is 0.830. The van der Waals surface area contributed by atoms with Gasteiger partial charge in [0.15, 0.2) is 0 Å². The molecule has 0 aliphatic carbocycles. The third-order valence-electron chi connectivity index (χ3n) is 3.16. The highest BCUT2D eigenvalue weighted by Gasteiger charge is 2.21. The molecule has 1 fully saturated rings. The summed E-state index contributed by atoms with van der Waals surface area (Å²) < 4.78 is 0. The van der Waals surface area contributed by atoms with Crippen LogP contribution in [0.4, 0.5) is 0 Å². The number of hydrogen-bond acceptors (Lipinski definition) is 3. The van der Waals surface area contributed by atoms with Gasteiger partial charge in [-0.05, 0) is 30.5 Å². The van der Waals surface area contributed by atoms with Crippen LogP contribution >= 0.6 is 0 Å². The summed E-state index contributed by atoms with van der Waals surface area (Å²) in [7, 11) is 0. The number of aliphatic hydroxyl groups excluding tert-OH is 1. The second-order valence-corrected chi connectivity index (χ2v) is 4.34. The minimum atomic E-state index is 0.274. The molecule has 0 spiro atoms. The van der Waals surface area contributed by atoms with Crippen LogP contribution in [0.1, 0.15) is 17.5 Å². The maximum atomic E-state index is 9.07. The summed E-state index contributed by atoms with van der Waals surface area (Å²) in [5.41, 5.74) is 1.85. The van der Waals surface area contributed by atoms with Gasteiger partial charge in [0.2, 0.25) is 0 Å². The molecular formula is C13H16N2O. The summed E-state index contributed by atoms with van der Waals surface area (Å²) >= 11 is 0. The van der Waals surface area contributed by atoms with Crippen LogP contribution in [-0.2, 0) is 6.54 Å². The molecule has 84 valence electrons. The Bertz CT molecular complexity index is 397. The molecule has 3 heteroatoms. The van der Waals surface area contributed by atoms with Gasteiger partial charge in [-0.1, -0.05) is 18.2 Å². The highest BCUT2D eigenvalue weighted by Crippen LogP contribution is 2.19. The Morgan fingerprint density at radius 1 is 1.44 bits per heavy atom. The van der Waals surface area contributed by atoms with Crippen molar-refractivity contribution in [3.8, 4) is 6.07 Å². The zero-order chi connectivity index (χ0) is 11.4. The minimum Gasteiger partial charge on any atom is -0.396 e. The van der Waals surface area contributed by atoms with Gasteiger partial charge in [0.25, 0.3) is 0 Å². The standard InChI is InChI=1S/C13H16N2O/c14-7-12-3-1-2-4-13(12)9-15-6-5-11(8-15)10-16/h1-4,11,16H,5-6,8-10H2/t11-/m1/s1. The summed E-state index contributed by atoms with van der Waals surface area (Å²) in [6.07, 6.45) is 1.06. The second-order valence-electron chi connectivity index (χ2n) is 4.34. The van der Waals surface area contributed by atoms with Gasteiger partial charge in [0.05, 0.1) is 11.6 Å². The molecule has 0 bridgehead atoms. The van der Waals surface area contributed by atoms with Gasteiger partial charge in [-0.15, -0.1) is 0 Å². The Kier molecular flexibility index (Phi) is 3.55. The molecule has 1 aliphatic heterocycles. The lowest BCUT2D eigenvalue weighted by Crippen LogP contribution is -2.21. The van der Waals surface area contributed by atoms with Crippen molar-refractivity contribution < 1.29 is 5.11 Å². The van der Waals surface area contributed by atoms with E-state index in [1.165, 1.54) is 0 Å². The highest BCUT2D eigenvalue weighted by molar-refractivity contribution is 5.37. The largest absolute Gasteiger partial charge is 0.396 e. The summed E-state index contributed by atoms with van der Waals surface area (Å²) in [6.45, 7) is 3.05. The van der Waals surface area contributed by atoms with Crippen LogP contribution in [0.3, 0.4) is 0 Å². The summed E-state index contributed by atoms with van der Waals surface area (Å²) in [5.74, 6) is 0.411. The van der Waals surface area contributed by atoms with Crippen molar-refractivity contribution in [3.63, 3.8) is 0 Å². The maximum Gasteiger partial charge on any atom is 0.0995 e. The number of benzene rings is 1. The number of rotatable bonds is 3. The van der Waals surface area contributed by atoms with E-state index in [-0.39, 0.29) is 6.61 Å².